The molecular weight excluding hydrogens is 292 g/mol. The van der Waals surface area contributed by atoms with Crippen LogP contribution in [0.15, 0.2) is 51.7 Å². The molecule has 0 unspecified atom stereocenters. The van der Waals surface area contributed by atoms with E-state index >= 15 is 0 Å². The third-order valence-corrected chi connectivity index (χ3v) is 3.39. The predicted molar refractivity (Wildman–Crippen MR) is 81.1 cm³/mol. The monoisotopic (exact) mass is 302 g/mol. The summed E-state index contributed by atoms with van der Waals surface area (Å²) in [5, 5.41) is 10.8. The van der Waals surface area contributed by atoms with Crippen LogP contribution in [-0.4, -0.2) is 12.2 Å². The highest BCUT2D eigenvalue weighted by Crippen LogP contribution is 2.32. The number of benzene rings is 2. The molecule has 0 aliphatic heterocycles. The normalized spacial score (nSPS) is 10.8. The fraction of sp³-hybridized carbons (Fsp3) is 0.0625. The highest BCUT2D eigenvalue weighted by Gasteiger charge is 2.11. The van der Waals surface area contributed by atoms with Gasteiger partial charge < -0.3 is 14.3 Å². The van der Waals surface area contributed by atoms with E-state index in [0.29, 0.717) is 27.3 Å². The molecule has 3 aromatic rings. The van der Waals surface area contributed by atoms with Crippen LogP contribution in [0.5, 0.6) is 11.5 Å². The van der Waals surface area contributed by atoms with Gasteiger partial charge in [-0.15, -0.1) is 0 Å². The Morgan fingerprint density at radius 3 is 2.71 bits per heavy atom. The lowest BCUT2D eigenvalue weighted by atomic mass is 10.1. The van der Waals surface area contributed by atoms with Crippen LogP contribution >= 0.6 is 11.6 Å². The zero-order valence-electron chi connectivity index (χ0n) is 11.1. The summed E-state index contributed by atoms with van der Waals surface area (Å²) in [6.07, 6.45) is 0. The molecule has 0 aliphatic carbocycles. The average molecular weight is 303 g/mol. The fourth-order valence-electron chi connectivity index (χ4n) is 2.10. The number of hydrogen-bond acceptors (Lipinski definition) is 4. The molecule has 3 rings (SSSR count). The molecule has 5 heteroatoms. The lowest BCUT2D eigenvalue weighted by Gasteiger charge is -2.07. The molecule has 0 spiro atoms. The second kappa shape index (κ2) is 5.14. The van der Waals surface area contributed by atoms with Crippen molar-refractivity contribution in [2.75, 3.05) is 7.11 Å². The minimum atomic E-state index is -0.218. The van der Waals surface area contributed by atoms with Gasteiger partial charge in [0.05, 0.1) is 18.1 Å². The van der Waals surface area contributed by atoms with E-state index in [2.05, 4.69) is 0 Å². The van der Waals surface area contributed by atoms with Crippen LogP contribution in [0.3, 0.4) is 0 Å². The van der Waals surface area contributed by atoms with Crippen LogP contribution in [0.2, 0.25) is 5.02 Å². The number of fused-ring (bicyclic) bond motifs is 1. The topological polar surface area (TPSA) is 59.7 Å². The van der Waals surface area contributed by atoms with Crippen molar-refractivity contribution in [3.05, 3.63) is 57.7 Å². The molecule has 4 nitrogen and oxygen atoms in total. The summed E-state index contributed by atoms with van der Waals surface area (Å²) in [7, 11) is 1.53. The highest BCUT2D eigenvalue weighted by molar-refractivity contribution is 6.30. The van der Waals surface area contributed by atoms with Crippen molar-refractivity contribution in [2.45, 2.75) is 0 Å². The number of aromatic hydroxyl groups is 1. The molecular formula is C16H11ClO4. The van der Waals surface area contributed by atoms with E-state index in [4.69, 9.17) is 20.8 Å². The van der Waals surface area contributed by atoms with Crippen molar-refractivity contribution in [1.29, 1.82) is 0 Å². The number of methoxy groups -OCH3 is 1. The van der Waals surface area contributed by atoms with E-state index < -0.39 is 0 Å². The van der Waals surface area contributed by atoms with Gasteiger partial charge in [0.1, 0.15) is 22.8 Å². The molecule has 2 aromatic carbocycles. The van der Waals surface area contributed by atoms with Gasteiger partial charge in [-0.2, -0.15) is 0 Å². The van der Waals surface area contributed by atoms with Crippen LogP contribution < -0.4 is 10.2 Å². The van der Waals surface area contributed by atoms with Gasteiger partial charge in [-0.05, 0) is 36.4 Å². The van der Waals surface area contributed by atoms with Crippen molar-refractivity contribution < 1.29 is 14.3 Å². The SMILES string of the molecule is COc1ccc2oc(-c3cc(Cl)ccc3O)cc(=O)c2c1. The Morgan fingerprint density at radius 1 is 1.14 bits per heavy atom. The molecule has 1 N–H and O–H groups in total. The summed E-state index contributed by atoms with van der Waals surface area (Å²) >= 11 is 5.92. The molecule has 0 radical (unpaired) electrons. The second-order valence-electron chi connectivity index (χ2n) is 4.50. The largest absolute Gasteiger partial charge is 0.507 e. The van der Waals surface area contributed by atoms with Crippen LogP contribution in [0, 0.1) is 0 Å². The quantitative estimate of drug-likeness (QED) is 0.781. The molecule has 0 atom stereocenters. The van der Waals surface area contributed by atoms with Crippen molar-refractivity contribution in [3.63, 3.8) is 0 Å². The average Bonchev–Trinajstić information content (AvgIpc) is 2.49. The van der Waals surface area contributed by atoms with Gasteiger partial charge in [0.25, 0.3) is 0 Å². The Bertz CT molecular complexity index is 883. The molecule has 0 saturated carbocycles. The minimum Gasteiger partial charge on any atom is -0.507 e. The maximum Gasteiger partial charge on any atom is 0.193 e. The summed E-state index contributed by atoms with van der Waals surface area (Å²) in [5.41, 5.74) is 0.569. The molecule has 106 valence electrons. The Hall–Kier alpha value is -2.46. The molecule has 21 heavy (non-hydrogen) atoms. The van der Waals surface area contributed by atoms with E-state index in [1.165, 1.54) is 19.2 Å². The Morgan fingerprint density at radius 2 is 1.95 bits per heavy atom. The lowest BCUT2D eigenvalue weighted by Crippen LogP contribution is -2.00. The Kier molecular flexibility index (Phi) is 3.31. The van der Waals surface area contributed by atoms with E-state index in [9.17, 15) is 9.90 Å². The smallest absolute Gasteiger partial charge is 0.193 e. The number of halogens is 1. The van der Waals surface area contributed by atoms with Crippen molar-refractivity contribution in [3.8, 4) is 22.8 Å². The van der Waals surface area contributed by atoms with Gasteiger partial charge >= 0.3 is 0 Å². The number of phenols is 1. The van der Waals surface area contributed by atoms with Crippen molar-refractivity contribution in [1.82, 2.24) is 0 Å². The maximum atomic E-state index is 12.2. The van der Waals surface area contributed by atoms with Crippen LogP contribution in [0.25, 0.3) is 22.3 Å². The van der Waals surface area contributed by atoms with Crippen LogP contribution in [0.1, 0.15) is 0 Å². The van der Waals surface area contributed by atoms with Gasteiger partial charge in [-0.1, -0.05) is 11.6 Å². The molecule has 0 fully saturated rings. The first-order chi connectivity index (χ1) is 10.1. The van der Waals surface area contributed by atoms with Gasteiger partial charge in [0.2, 0.25) is 0 Å². The molecule has 0 amide bonds. The summed E-state index contributed by atoms with van der Waals surface area (Å²) < 4.78 is 10.8. The molecule has 1 heterocycles. The Labute approximate surface area is 125 Å². The summed E-state index contributed by atoms with van der Waals surface area (Å²) in [4.78, 5) is 12.2. The van der Waals surface area contributed by atoms with Gasteiger partial charge in [-0.3, -0.25) is 4.79 Å². The standard InChI is InChI=1S/C16H11ClO4/c1-20-10-3-5-15-12(7-10)14(19)8-16(21-15)11-6-9(17)2-4-13(11)18/h2-8,18H,1H3. The zero-order valence-corrected chi connectivity index (χ0v) is 11.8. The van der Waals surface area contributed by atoms with Gasteiger partial charge in [-0.25, -0.2) is 0 Å². The summed E-state index contributed by atoms with van der Waals surface area (Å²) in [6, 6.07) is 10.9. The maximum absolute atomic E-state index is 12.2. The summed E-state index contributed by atoms with van der Waals surface area (Å²) in [5.74, 6) is 0.834. The molecule has 0 saturated heterocycles. The first kappa shape index (κ1) is 13.5. The summed E-state index contributed by atoms with van der Waals surface area (Å²) in [6.45, 7) is 0. The zero-order chi connectivity index (χ0) is 15.0. The second-order valence-corrected chi connectivity index (χ2v) is 4.93. The van der Waals surface area contributed by atoms with E-state index in [1.807, 2.05) is 0 Å². The van der Waals surface area contributed by atoms with Crippen LogP contribution in [-0.2, 0) is 0 Å². The molecule has 0 aliphatic rings. The first-order valence-corrected chi connectivity index (χ1v) is 6.57. The van der Waals surface area contributed by atoms with E-state index in [-0.39, 0.29) is 16.9 Å². The van der Waals surface area contributed by atoms with Crippen LogP contribution in [0.4, 0.5) is 0 Å². The van der Waals surface area contributed by atoms with Crippen molar-refractivity contribution >= 4 is 22.6 Å². The lowest BCUT2D eigenvalue weighted by molar-refractivity contribution is 0.415. The molecule has 0 bridgehead atoms. The van der Waals surface area contributed by atoms with Crippen molar-refractivity contribution in [2.24, 2.45) is 0 Å². The number of ether oxygens (including phenoxy) is 1. The number of hydrogen-bond donors (Lipinski definition) is 1. The highest BCUT2D eigenvalue weighted by atomic mass is 35.5. The fourth-order valence-corrected chi connectivity index (χ4v) is 2.27. The number of rotatable bonds is 2. The first-order valence-electron chi connectivity index (χ1n) is 6.19. The third-order valence-electron chi connectivity index (χ3n) is 3.16. The molecule has 1 aromatic heterocycles. The van der Waals surface area contributed by atoms with Gasteiger partial charge in [0.15, 0.2) is 5.43 Å². The van der Waals surface area contributed by atoms with E-state index in [1.54, 1.807) is 30.3 Å². The minimum absolute atomic E-state index is 0.00425. The van der Waals surface area contributed by atoms with Gasteiger partial charge in [0, 0.05) is 11.1 Å². The number of phenolic OH excluding ortho intramolecular Hbond substituents is 1. The predicted octanol–water partition coefficient (Wildman–Crippen LogP) is 3.83. The third kappa shape index (κ3) is 2.45. The van der Waals surface area contributed by atoms with E-state index in [0.717, 1.165) is 0 Å². The Balaban J connectivity index is 2.26.